The van der Waals surface area contributed by atoms with Crippen molar-refractivity contribution >= 4 is 11.3 Å². The first kappa shape index (κ1) is 13.1. The summed E-state index contributed by atoms with van der Waals surface area (Å²) >= 11 is 1.68. The van der Waals surface area contributed by atoms with Crippen LogP contribution in [-0.2, 0) is 6.42 Å². The average molecular weight is 287 g/mol. The second-order valence-electron chi connectivity index (χ2n) is 4.78. The molecule has 0 aliphatic heterocycles. The summed E-state index contributed by atoms with van der Waals surface area (Å²) in [6.45, 7) is 6.23. The van der Waals surface area contributed by atoms with Crippen LogP contribution < -0.4 is 0 Å². The Morgan fingerprint density at radius 2 is 2.25 bits per heavy atom. The number of aryl methyl sites for hydroxylation is 2. The molecule has 0 aliphatic rings. The van der Waals surface area contributed by atoms with E-state index in [0.717, 1.165) is 34.5 Å². The Balaban J connectivity index is 1.97. The lowest BCUT2D eigenvalue weighted by Crippen LogP contribution is -2.07. The molecule has 0 amide bonds. The molecule has 20 heavy (non-hydrogen) atoms. The highest BCUT2D eigenvalue weighted by molar-refractivity contribution is 7.09. The summed E-state index contributed by atoms with van der Waals surface area (Å²) in [7, 11) is 0. The predicted octanol–water partition coefficient (Wildman–Crippen LogP) is 4.08. The van der Waals surface area contributed by atoms with Crippen LogP contribution in [0.2, 0.25) is 0 Å². The van der Waals surface area contributed by atoms with E-state index >= 15 is 0 Å². The summed E-state index contributed by atoms with van der Waals surface area (Å²) in [5.74, 6) is 2.64. The van der Waals surface area contributed by atoms with E-state index in [4.69, 9.17) is 4.42 Å². The van der Waals surface area contributed by atoms with E-state index < -0.39 is 0 Å². The Labute approximate surface area is 122 Å². The van der Waals surface area contributed by atoms with Crippen molar-refractivity contribution in [3.05, 3.63) is 46.4 Å². The third kappa shape index (κ3) is 2.29. The van der Waals surface area contributed by atoms with Gasteiger partial charge in [0, 0.05) is 29.9 Å². The first-order valence-electron chi connectivity index (χ1n) is 6.73. The summed E-state index contributed by atoms with van der Waals surface area (Å²) in [4.78, 5) is 9.00. The Hall–Kier alpha value is -1.88. The topological polar surface area (TPSA) is 43.9 Å². The van der Waals surface area contributed by atoms with Crippen LogP contribution in [0.15, 0.2) is 34.3 Å². The fraction of sp³-hybridized carbons (Fsp3) is 0.333. The van der Waals surface area contributed by atoms with Crippen molar-refractivity contribution in [3.63, 3.8) is 0 Å². The number of nitrogens with zero attached hydrogens (tertiary/aromatic N) is 3. The molecule has 0 unspecified atom stereocenters. The summed E-state index contributed by atoms with van der Waals surface area (Å²) in [5, 5.41) is 3.16. The predicted molar refractivity (Wildman–Crippen MR) is 80.0 cm³/mol. The second-order valence-corrected chi connectivity index (χ2v) is 5.67. The van der Waals surface area contributed by atoms with Gasteiger partial charge in [0.05, 0.1) is 6.04 Å². The number of hydrogen-bond acceptors (Lipinski definition) is 4. The molecule has 0 fully saturated rings. The molecule has 0 N–H and O–H groups in total. The van der Waals surface area contributed by atoms with Crippen LogP contribution >= 0.6 is 11.3 Å². The molecule has 1 atom stereocenters. The number of rotatable bonds is 4. The number of hydrogen-bond donors (Lipinski definition) is 0. The monoisotopic (exact) mass is 287 g/mol. The summed E-state index contributed by atoms with van der Waals surface area (Å²) in [6.07, 6.45) is 4.67. The smallest absolute Gasteiger partial charge is 0.176 e. The Morgan fingerprint density at radius 3 is 2.90 bits per heavy atom. The van der Waals surface area contributed by atoms with E-state index in [1.165, 1.54) is 0 Å². The van der Waals surface area contributed by atoms with Crippen LogP contribution in [0.4, 0.5) is 0 Å². The van der Waals surface area contributed by atoms with Gasteiger partial charge < -0.3 is 8.98 Å². The van der Waals surface area contributed by atoms with Gasteiger partial charge in [-0.2, -0.15) is 0 Å². The fourth-order valence-electron chi connectivity index (χ4n) is 2.19. The Bertz CT molecular complexity index is 710. The SMILES string of the molecule is CCc1ccc(-c2nccn2[C@H](C)c2nc(C)cs2)o1. The molecular formula is C15H17N3OS. The standard InChI is InChI=1S/C15H17N3OS/c1-4-12-5-6-13(19-12)14-16-7-8-18(14)11(3)15-17-10(2)9-20-15/h5-9,11H,4H2,1-3H3/t11-/m1/s1. The normalized spacial score (nSPS) is 12.8. The minimum Gasteiger partial charge on any atom is -0.458 e. The lowest BCUT2D eigenvalue weighted by atomic mass is 10.3. The van der Waals surface area contributed by atoms with Gasteiger partial charge in [0.15, 0.2) is 11.6 Å². The van der Waals surface area contributed by atoms with Crippen LogP contribution in [0, 0.1) is 6.92 Å². The molecule has 3 rings (SSSR count). The van der Waals surface area contributed by atoms with Crippen LogP contribution in [0.25, 0.3) is 11.6 Å². The number of aromatic nitrogens is 3. The number of imidazole rings is 1. The van der Waals surface area contributed by atoms with Gasteiger partial charge >= 0.3 is 0 Å². The van der Waals surface area contributed by atoms with Crippen molar-refractivity contribution in [2.45, 2.75) is 33.2 Å². The zero-order chi connectivity index (χ0) is 14.1. The van der Waals surface area contributed by atoms with Crippen molar-refractivity contribution in [1.29, 1.82) is 0 Å². The molecule has 0 saturated carbocycles. The average Bonchev–Trinajstić information content (AvgIpc) is 3.17. The molecule has 0 saturated heterocycles. The maximum Gasteiger partial charge on any atom is 0.176 e. The van der Waals surface area contributed by atoms with E-state index in [9.17, 15) is 0 Å². The van der Waals surface area contributed by atoms with Crippen molar-refractivity contribution in [3.8, 4) is 11.6 Å². The molecule has 5 heteroatoms. The molecule has 3 aromatic heterocycles. The quantitative estimate of drug-likeness (QED) is 0.726. The van der Waals surface area contributed by atoms with Crippen LogP contribution in [-0.4, -0.2) is 14.5 Å². The summed E-state index contributed by atoms with van der Waals surface area (Å²) in [6, 6.07) is 4.14. The number of thiazole rings is 1. The van der Waals surface area contributed by atoms with Gasteiger partial charge in [-0.3, -0.25) is 0 Å². The van der Waals surface area contributed by atoms with Crippen molar-refractivity contribution in [1.82, 2.24) is 14.5 Å². The van der Waals surface area contributed by atoms with E-state index in [1.807, 2.05) is 25.3 Å². The van der Waals surface area contributed by atoms with Crippen LogP contribution in [0.1, 0.15) is 36.4 Å². The van der Waals surface area contributed by atoms with Crippen LogP contribution in [0.3, 0.4) is 0 Å². The first-order chi connectivity index (χ1) is 9.69. The van der Waals surface area contributed by atoms with Crippen LogP contribution in [0.5, 0.6) is 0 Å². The van der Waals surface area contributed by atoms with Crippen molar-refractivity contribution in [2.75, 3.05) is 0 Å². The highest BCUT2D eigenvalue weighted by Gasteiger charge is 2.18. The molecule has 3 heterocycles. The zero-order valence-corrected chi connectivity index (χ0v) is 12.6. The fourth-order valence-corrected chi connectivity index (χ4v) is 3.04. The van der Waals surface area contributed by atoms with Gasteiger partial charge in [0.1, 0.15) is 10.8 Å². The van der Waals surface area contributed by atoms with Gasteiger partial charge in [-0.05, 0) is 26.0 Å². The highest BCUT2D eigenvalue weighted by atomic mass is 32.1. The molecule has 104 valence electrons. The molecule has 0 aromatic carbocycles. The van der Waals surface area contributed by atoms with E-state index in [1.54, 1.807) is 17.5 Å². The second kappa shape index (κ2) is 5.25. The first-order valence-corrected chi connectivity index (χ1v) is 7.61. The molecule has 3 aromatic rings. The minimum atomic E-state index is 0.154. The van der Waals surface area contributed by atoms with E-state index in [-0.39, 0.29) is 6.04 Å². The molecule has 4 nitrogen and oxygen atoms in total. The van der Waals surface area contributed by atoms with Gasteiger partial charge in [0.2, 0.25) is 0 Å². The lowest BCUT2D eigenvalue weighted by Gasteiger charge is -2.12. The van der Waals surface area contributed by atoms with E-state index in [2.05, 4.69) is 33.8 Å². The molecule has 0 aliphatic carbocycles. The van der Waals surface area contributed by atoms with Crippen molar-refractivity contribution < 1.29 is 4.42 Å². The molecule has 0 radical (unpaired) electrons. The third-order valence-corrected chi connectivity index (χ3v) is 4.44. The third-order valence-electron chi connectivity index (χ3n) is 3.31. The Morgan fingerprint density at radius 1 is 1.40 bits per heavy atom. The maximum atomic E-state index is 5.81. The van der Waals surface area contributed by atoms with Gasteiger partial charge in [-0.15, -0.1) is 11.3 Å². The highest BCUT2D eigenvalue weighted by Crippen LogP contribution is 2.28. The summed E-state index contributed by atoms with van der Waals surface area (Å²) < 4.78 is 7.92. The van der Waals surface area contributed by atoms with Gasteiger partial charge in [0.25, 0.3) is 0 Å². The molecule has 0 bridgehead atoms. The maximum absolute atomic E-state index is 5.81. The zero-order valence-electron chi connectivity index (χ0n) is 11.8. The van der Waals surface area contributed by atoms with E-state index in [0.29, 0.717) is 0 Å². The molecule has 0 spiro atoms. The van der Waals surface area contributed by atoms with Gasteiger partial charge in [-0.25, -0.2) is 9.97 Å². The number of furan rings is 1. The Kier molecular flexibility index (Phi) is 3.44. The largest absolute Gasteiger partial charge is 0.458 e. The van der Waals surface area contributed by atoms with Crippen molar-refractivity contribution in [2.24, 2.45) is 0 Å². The molecular weight excluding hydrogens is 270 g/mol. The summed E-state index contributed by atoms with van der Waals surface area (Å²) in [5.41, 5.74) is 1.06. The lowest BCUT2D eigenvalue weighted by molar-refractivity contribution is 0.517. The van der Waals surface area contributed by atoms with Gasteiger partial charge in [-0.1, -0.05) is 6.92 Å². The minimum absolute atomic E-state index is 0.154.